The van der Waals surface area contributed by atoms with Gasteiger partial charge in [-0.05, 0) is 6.42 Å². The van der Waals surface area contributed by atoms with Crippen molar-refractivity contribution in [2.75, 3.05) is 0 Å². The van der Waals surface area contributed by atoms with Gasteiger partial charge >= 0.3 is 6.18 Å². The quantitative estimate of drug-likeness (QED) is 0.627. The lowest BCUT2D eigenvalue weighted by Crippen LogP contribution is -2.06. The Balaban J connectivity index is 3.56. The molecule has 0 aliphatic heterocycles. The zero-order valence-corrected chi connectivity index (χ0v) is 6.39. The fraction of sp³-hybridized carbons (Fsp3) is 0.600. The average Bonchev–Trinajstić information content (AvgIpc) is 1.81. The summed E-state index contributed by atoms with van der Waals surface area (Å²) in [6.07, 6.45) is -5.32. The SMILES string of the molecule is FC(F)(F)CC/C(Cl)=C/Cl. The number of hydrogen-bond donors (Lipinski definition) is 0. The monoisotopic (exact) mass is 192 g/mol. The van der Waals surface area contributed by atoms with E-state index < -0.39 is 12.6 Å². The first-order chi connectivity index (χ1) is 4.45. The minimum atomic E-state index is -4.15. The summed E-state index contributed by atoms with van der Waals surface area (Å²) in [6.45, 7) is 0. The molecule has 5 heteroatoms. The molecule has 0 heterocycles. The molecule has 0 amide bonds. The molecule has 0 saturated carbocycles. The minimum absolute atomic E-state index is 0.0268. The zero-order chi connectivity index (χ0) is 8.20. The van der Waals surface area contributed by atoms with Gasteiger partial charge in [-0.3, -0.25) is 0 Å². The molecule has 10 heavy (non-hydrogen) atoms. The molecule has 0 saturated heterocycles. The summed E-state index contributed by atoms with van der Waals surface area (Å²) in [5, 5.41) is 0.0268. The Morgan fingerprint density at radius 3 is 2.20 bits per heavy atom. The molecule has 60 valence electrons. The van der Waals surface area contributed by atoms with E-state index in [1.807, 2.05) is 0 Å². The van der Waals surface area contributed by atoms with Gasteiger partial charge in [0.1, 0.15) is 0 Å². The number of allylic oxidation sites excluding steroid dienone is 1. The van der Waals surface area contributed by atoms with Gasteiger partial charge in [-0.2, -0.15) is 13.2 Å². The third-order valence-electron chi connectivity index (χ3n) is 0.766. The number of rotatable bonds is 2. The van der Waals surface area contributed by atoms with Crippen LogP contribution >= 0.6 is 23.2 Å². The molecular weight excluding hydrogens is 188 g/mol. The van der Waals surface area contributed by atoms with Crippen LogP contribution in [0.25, 0.3) is 0 Å². The zero-order valence-electron chi connectivity index (χ0n) is 4.88. The van der Waals surface area contributed by atoms with Gasteiger partial charge < -0.3 is 0 Å². The summed E-state index contributed by atoms with van der Waals surface area (Å²) in [5.74, 6) is 0. The molecule has 0 aromatic rings. The molecule has 0 rings (SSSR count). The lowest BCUT2D eigenvalue weighted by molar-refractivity contribution is -0.133. The van der Waals surface area contributed by atoms with Crippen molar-refractivity contribution in [1.82, 2.24) is 0 Å². The number of alkyl halides is 3. The smallest absolute Gasteiger partial charge is 0.171 e. The number of hydrogen-bond acceptors (Lipinski definition) is 0. The highest BCUT2D eigenvalue weighted by Gasteiger charge is 2.26. The minimum Gasteiger partial charge on any atom is -0.171 e. The molecule has 0 spiro atoms. The molecular formula is C5H5Cl2F3. The van der Waals surface area contributed by atoms with Crippen molar-refractivity contribution in [3.8, 4) is 0 Å². The second-order valence-electron chi connectivity index (χ2n) is 1.67. The molecule has 0 atom stereocenters. The van der Waals surface area contributed by atoms with Crippen LogP contribution in [0.5, 0.6) is 0 Å². The molecule has 0 nitrogen and oxygen atoms in total. The van der Waals surface area contributed by atoms with Crippen LogP contribution < -0.4 is 0 Å². The van der Waals surface area contributed by atoms with E-state index >= 15 is 0 Å². The lowest BCUT2D eigenvalue weighted by Gasteiger charge is -2.03. The van der Waals surface area contributed by atoms with Crippen molar-refractivity contribution in [1.29, 1.82) is 0 Å². The van der Waals surface area contributed by atoms with Crippen LogP contribution in [0.15, 0.2) is 10.6 Å². The molecule has 0 radical (unpaired) electrons. The first-order valence-corrected chi connectivity index (χ1v) is 3.28. The van der Waals surface area contributed by atoms with Crippen molar-refractivity contribution in [2.45, 2.75) is 19.0 Å². The van der Waals surface area contributed by atoms with Crippen LogP contribution in [-0.2, 0) is 0 Å². The molecule has 0 aromatic heterocycles. The Morgan fingerprint density at radius 2 is 1.90 bits per heavy atom. The third kappa shape index (κ3) is 6.23. The van der Waals surface area contributed by atoms with Crippen LogP contribution in [-0.4, -0.2) is 6.18 Å². The van der Waals surface area contributed by atoms with E-state index in [1.165, 1.54) is 0 Å². The fourth-order valence-corrected chi connectivity index (χ4v) is 0.519. The molecule has 0 bridgehead atoms. The highest BCUT2D eigenvalue weighted by molar-refractivity contribution is 6.36. The fourth-order valence-electron chi connectivity index (χ4n) is 0.316. The molecule has 0 aliphatic carbocycles. The Morgan fingerprint density at radius 1 is 1.40 bits per heavy atom. The van der Waals surface area contributed by atoms with Gasteiger partial charge in [0.05, 0.1) is 0 Å². The summed E-state index contributed by atoms with van der Waals surface area (Å²) in [5.41, 5.74) is 0.938. The first-order valence-electron chi connectivity index (χ1n) is 2.47. The predicted octanol–water partition coefficient (Wildman–Crippen LogP) is 3.65. The van der Waals surface area contributed by atoms with Crippen molar-refractivity contribution in [2.24, 2.45) is 0 Å². The second kappa shape index (κ2) is 4.09. The van der Waals surface area contributed by atoms with Gasteiger partial charge in [0.25, 0.3) is 0 Å². The van der Waals surface area contributed by atoms with Crippen molar-refractivity contribution in [3.05, 3.63) is 10.6 Å². The Labute approximate surface area is 66.6 Å². The summed E-state index contributed by atoms with van der Waals surface area (Å²) in [7, 11) is 0. The normalized spacial score (nSPS) is 13.9. The van der Waals surface area contributed by atoms with E-state index in [4.69, 9.17) is 23.2 Å². The van der Waals surface area contributed by atoms with E-state index in [0.29, 0.717) is 0 Å². The molecule has 0 aliphatic rings. The van der Waals surface area contributed by atoms with Gasteiger partial charge in [0, 0.05) is 17.0 Å². The van der Waals surface area contributed by atoms with Gasteiger partial charge in [-0.1, -0.05) is 23.2 Å². The molecule has 0 fully saturated rings. The van der Waals surface area contributed by atoms with Gasteiger partial charge in [-0.15, -0.1) is 0 Å². The summed E-state index contributed by atoms with van der Waals surface area (Å²) in [6, 6.07) is 0. The topological polar surface area (TPSA) is 0 Å². The highest BCUT2D eigenvalue weighted by Crippen LogP contribution is 2.25. The highest BCUT2D eigenvalue weighted by atomic mass is 35.5. The van der Waals surface area contributed by atoms with E-state index in [2.05, 4.69) is 0 Å². The molecule has 0 N–H and O–H groups in total. The maximum absolute atomic E-state index is 11.4. The Hall–Kier alpha value is 0.110. The lowest BCUT2D eigenvalue weighted by atomic mass is 10.3. The van der Waals surface area contributed by atoms with Crippen molar-refractivity contribution in [3.63, 3.8) is 0 Å². The standard InChI is InChI=1S/C5H5Cl2F3/c6-3-4(7)1-2-5(8,9)10/h3H,1-2H2/b4-3-. The molecule has 0 aromatic carbocycles. The van der Waals surface area contributed by atoms with Gasteiger partial charge in [-0.25, -0.2) is 0 Å². The maximum Gasteiger partial charge on any atom is 0.389 e. The van der Waals surface area contributed by atoms with Crippen LogP contribution in [0, 0.1) is 0 Å². The second-order valence-corrected chi connectivity index (χ2v) is 2.37. The first kappa shape index (κ1) is 10.1. The maximum atomic E-state index is 11.4. The van der Waals surface area contributed by atoms with Gasteiger partial charge in [0.2, 0.25) is 0 Å². The van der Waals surface area contributed by atoms with E-state index in [0.717, 1.165) is 5.54 Å². The third-order valence-corrected chi connectivity index (χ3v) is 1.44. The van der Waals surface area contributed by atoms with Gasteiger partial charge in [0.15, 0.2) is 0 Å². The number of halogens is 5. The Kier molecular flexibility index (Phi) is 4.13. The van der Waals surface area contributed by atoms with Crippen molar-refractivity contribution >= 4 is 23.2 Å². The van der Waals surface area contributed by atoms with E-state index in [-0.39, 0.29) is 11.5 Å². The summed E-state index contributed by atoms with van der Waals surface area (Å²) < 4.78 is 34.3. The van der Waals surface area contributed by atoms with Crippen molar-refractivity contribution < 1.29 is 13.2 Å². The predicted molar refractivity (Wildman–Crippen MR) is 35.1 cm³/mol. The Bertz CT molecular complexity index is 127. The summed E-state index contributed by atoms with van der Waals surface area (Å²) >= 11 is 10.2. The van der Waals surface area contributed by atoms with E-state index in [9.17, 15) is 13.2 Å². The van der Waals surface area contributed by atoms with Crippen LogP contribution in [0.1, 0.15) is 12.8 Å². The largest absolute Gasteiger partial charge is 0.389 e. The average molecular weight is 193 g/mol. The van der Waals surface area contributed by atoms with E-state index in [1.54, 1.807) is 0 Å². The van der Waals surface area contributed by atoms with Crippen LogP contribution in [0.3, 0.4) is 0 Å². The van der Waals surface area contributed by atoms with Crippen LogP contribution in [0.2, 0.25) is 0 Å². The molecule has 0 unspecified atom stereocenters. The summed E-state index contributed by atoms with van der Waals surface area (Å²) in [4.78, 5) is 0. The van der Waals surface area contributed by atoms with Crippen LogP contribution in [0.4, 0.5) is 13.2 Å².